The summed E-state index contributed by atoms with van der Waals surface area (Å²) < 4.78 is 0.848. The molecule has 0 saturated carbocycles. The van der Waals surface area contributed by atoms with E-state index in [0.717, 1.165) is 28.8 Å². The van der Waals surface area contributed by atoms with Gasteiger partial charge in [0.05, 0.1) is 4.47 Å². The molecule has 1 aromatic rings. The second-order valence-corrected chi connectivity index (χ2v) is 5.81. The smallest absolute Gasteiger partial charge is 0.223 e. The lowest BCUT2D eigenvalue weighted by Crippen LogP contribution is -2.05. The van der Waals surface area contributed by atoms with E-state index in [1.807, 2.05) is 0 Å². The third-order valence-corrected chi connectivity index (χ3v) is 4.39. The minimum atomic E-state index is 0.202. The van der Waals surface area contributed by atoms with Crippen molar-refractivity contribution in [1.82, 2.24) is 9.97 Å². The van der Waals surface area contributed by atoms with Crippen LogP contribution >= 0.6 is 39.3 Å². The summed E-state index contributed by atoms with van der Waals surface area (Å²) in [4.78, 5) is 8.05. The van der Waals surface area contributed by atoms with E-state index in [9.17, 15) is 0 Å². The molecular formula is C10H14BrClN2OS. The van der Waals surface area contributed by atoms with Crippen molar-refractivity contribution in [2.24, 2.45) is 0 Å². The van der Waals surface area contributed by atoms with Crippen LogP contribution in [0.5, 0.6) is 0 Å². The number of hydrogen-bond donors (Lipinski definition) is 1. The fourth-order valence-corrected chi connectivity index (χ4v) is 3.15. The molecule has 0 amide bonds. The minimum absolute atomic E-state index is 0.202. The van der Waals surface area contributed by atoms with Crippen molar-refractivity contribution in [2.75, 3.05) is 6.61 Å². The standard InChI is InChI=1S/C10H14BrClN2OS/c1-2-3-7(4-5-15)16-9-8(11)6-13-10(12)14-9/h6-7,15H,2-5H2,1H3. The molecule has 1 unspecified atom stereocenters. The number of nitrogens with zero attached hydrogens (tertiary/aromatic N) is 2. The molecule has 0 fully saturated rings. The van der Waals surface area contributed by atoms with Gasteiger partial charge in [0.1, 0.15) is 5.03 Å². The molecule has 0 aliphatic carbocycles. The summed E-state index contributed by atoms with van der Waals surface area (Å²) in [5, 5.41) is 10.4. The summed E-state index contributed by atoms with van der Waals surface area (Å²) >= 11 is 10.8. The Labute approximate surface area is 113 Å². The molecular weight excluding hydrogens is 312 g/mol. The zero-order chi connectivity index (χ0) is 12.0. The predicted molar refractivity (Wildman–Crippen MR) is 71.0 cm³/mol. The minimum Gasteiger partial charge on any atom is -0.396 e. The van der Waals surface area contributed by atoms with Gasteiger partial charge in [-0.15, -0.1) is 11.8 Å². The van der Waals surface area contributed by atoms with Gasteiger partial charge in [-0.05, 0) is 40.4 Å². The van der Waals surface area contributed by atoms with E-state index < -0.39 is 0 Å². The molecule has 1 atom stereocenters. The second-order valence-electron chi connectivity index (χ2n) is 3.33. The Morgan fingerprint density at radius 2 is 2.31 bits per heavy atom. The fraction of sp³-hybridized carbons (Fsp3) is 0.600. The van der Waals surface area contributed by atoms with Crippen LogP contribution in [-0.2, 0) is 0 Å². The summed E-state index contributed by atoms with van der Waals surface area (Å²) in [5.74, 6) is 0. The first-order valence-electron chi connectivity index (χ1n) is 5.13. The van der Waals surface area contributed by atoms with Crippen LogP contribution in [0.2, 0.25) is 5.28 Å². The highest BCUT2D eigenvalue weighted by atomic mass is 79.9. The molecule has 16 heavy (non-hydrogen) atoms. The van der Waals surface area contributed by atoms with Crippen LogP contribution in [0.25, 0.3) is 0 Å². The number of halogens is 2. The van der Waals surface area contributed by atoms with Crippen LogP contribution in [-0.4, -0.2) is 26.9 Å². The zero-order valence-corrected chi connectivity index (χ0v) is 12.1. The van der Waals surface area contributed by atoms with Gasteiger partial charge >= 0.3 is 0 Å². The van der Waals surface area contributed by atoms with Crippen LogP contribution in [0.15, 0.2) is 15.7 Å². The molecule has 0 saturated heterocycles. The fourth-order valence-electron chi connectivity index (χ4n) is 1.30. The maximum atomic E-state index is 8.98. The Balaban J connectivity index is 2.71. The summed E-state index contributed by atoms with van der Waals surface area (Å²) in [6.07, 6.45) is 4.57. The Morgan fingerprint density at radius 3 is 2.94 bits per heavy atom. The molecule has 3 nitrogen and oxygen atoms in total. The van der Waals surface area contributed by atoms with Crippen LogP contribution in [0.4, 0.5) is 0 Å². The first-order valence-corrected chi connectivity index (χ1v) is 7.18. The number of hydrogen-bond acceptors (Lipinski definition) is 4. The second kappa shape index (κ2) is 7.48. The van der Waals surface area contributed by atoms with Crippen molar-refractivity contribution in [3.05, 3.63) is 16.0 Å². The lowest BCUT2D eigenvalue weighted by Gasteiger charge is -2.14. The SMILES string of the molecule is CCCC(CCO)Sc1nc(Cl)ncc1Br. The highest BCUT2D eigenvalue weighted by Crippen LogP contribution is 2.32. The monoisotopic (exact) mass is 324 g/mol. The van der Waals surface area contributed by atoms with E-state index in [1.165, 1.54) is 0 Å². The van der Waals surface area contributed by atoms with Gasteiger partial charge in [-0.25, -0.2) is 9.97 Å². The third-order valence-electron chi connectivity index (χ3n) is 2.02. The number of aliphatic hydroxyl groups is 1. The maximum Gasteiger partial charge on any atom is 0.223 e. The van der Waals surface area contributed by atoms with E-state index >= 15 is 0 Å². The number of aliphatic hydroxyl groups excluding tert-OH is 1. The van der Waals surface area contributed by atoms with Gasteiger partial charge in [-0.2, -0.15) is 0 Å². The molecule has 1 N–H and O–H groups in total. The van der Waals surface area contributed by atoms with Gasteiger partial charge in [-0.3, -0.25) is 0 Å². The lowest BCUT2D eigenvalue weighted by atomic mass is 10.2. The number of rotatable bonds is 6. The quantitative estimate of drug-likeness (QED) is 0.494. The van der Waals surface area contributed by atoms with Gasteiger partial charge in [0.25, 0.3) is 0 Å². The van der Waals surface area contributed by atoms with Crippen LogP contribution in [0, 0.1) is 0 Å². The summed E-state index contributed by atoms with van der Waals surface area (Å²) in [6.45, 7) is 2.33. The molecule has 0 radical (unpaired) electrons. The molecule has 0 spiro atoms. The van der Waals surface area contributed by atoms with Gasteiger partial charge < -0.3 is 5.11 Å². The van der Waals surface area contributed by atoms with Gasteiger partial charge in [0, 0.05) is 18.1 Å². The van der Waals surface area contributed by atoms with Crippen molar-refractivity contribution in [3.8, 4) is 0 Å². The number of aromatic nitrogens is 2. The largest absolute Gasteiger partial charge is 0.396 e. The van der Waals surface area contributed by atoms with E-state index in [1.54, 1.807) is 18.0 Å². The average Bonchev–Trinajstić information content (AvgIpc) is 2.24. The normalized spacial score (nSPS) is 12.8. The maximum absolute atomic E-state index is 8.98. The van der Waals surface area contributed by atoms with E-state index in [4.69, 9.17) is 16.7 Å². The topological polar surface area (TPSA) is 46.0 Å². The van der Waals surface area contributed by atoms with Crippen molar-refractivity contribution >= 4 is 39.3 Å². The molecule has 0 bridgehead atoms. The summed E-state index contributed by atoms with van der Waals surface area (Å²) in [7, 11) is 0. The molecule has 0 aliphatic rings. The van der Waals surface area contributed by atoms with Gasteiger partial charge in [0.2, 0.25) is 5.28 Å². The van der Waals surface area contributed by atoms with Crippen LogP contribution in [0.1, 0.15) is 26.2 Å². The molecule has 6 heteroatoms. The van der Waals surface area contributed by atoms with E-state index in [2.05, 4.69) is 32.8 Å². The van der Waals surface area contributed by atoms with E-state index in [-0.39, 0.29) is 11.9 Å². The highest BCUT2D eigenvalue weighted by Gasteiger charge is 2.13. The van der Waals surface area contributed by atoms with Gasteiger partial charge in [-0.1, -0.05) is 13.3 Å². The van der Waals surface area contributed by atoms with E-state index in [0.29, 0.717) is 5.25 Å². The Bertz CT molecular complexity index is 335. The van der Waals surface area contributed by atoms with Crippen molar-refractivity contribution in [3.63, 3.8) is 0 Å². The summed E-state index contributed by atoms with van der Waals surface area (Å²) in [5.41, 5.74) is 0. The Morgan fingerprint density at radius 1 is 1.56 bits per heavy atom. The Kier molecular flexibility index (Phi) is 6.65. The first-order chi connectivity index (χ1) is 7.67. The first kappa shape index (κ1) is 14.2. The van der Waals surface area contributed by atoms with Crippen molar-refractivity contribution in [2.45, 2.75) is 36.5 Å². The molecule has 90 valence electrons. The highest BCUT2D eigenvalue weighted by molar-refractivity contribution is 9.10. The predicted octanol–water partition coefficient (Wildman–Crippen LogP) is 3.54. The van der Waals surface area contributed by atoms with Crippen LogP contribution < -0.4 is 0 Å². The lowest BCUT2D eigenvalue weighted by molar-refractivity contribution is 0.285. The molecule has 0 aliphatic heterocycles. The summed E-state index contributed by atoms with van der Waals surface area (Å²) in [6, 6.07) is 0. The zero-order valence-electron chi connectivity index (χ0n) is 8.99. The molecule has 1 rings (SSSR count). The van der Waals surface area contributed by atoms with Crippen molar-refractivity contribution < 1.29 is 5.11 Å². The van der Waals surface area contributed by atoms with Crippen LogP contribution in [0.3, 0.4) is 0 Å². The third kappa shape index (κ3) is 4.57. The number of thioether (sulfide) groups is 1. The molecule has 0 aromatic carbocycles. The average molecular weight is 326 g/mol. The van der Waals surface area contributed by atoms with Crippen molar-refractivity contribution in [1.29, 1.82) is 0 Å². The Hall–Kier alpha value is 0.160. The van der Waals surface area contributed by atoms with Gasteiger partial charge in [0.15, 0.2) is 0 Å². The molecule has 1 heterocycles. The molecule has 1 aromatic heterocycles.